The Bertz CT molecular complexity index is 621. The van der Waals surface area contributed by atoms with Crippen LogP contribution in [-0.4, -0.2) is 32.5 Å². The molecule has 1 saturated carbocycles. The van der Waals surface area contributed by atoms with Crippen molar-refractivity contribution in [2.45, 2.75) is 39.2 Å². The molecule has 0 aromatic carbocycles. The highest BCUT2D eigenvalue weighted by Crippen LogP contribution is 2.42. The highest BCUT2D eigenvalue weighted by Gasteiger charge is 2.33. The summed E-state index contributed by atoms with van der Waals surface area (Å²) in [5.74, 6) is 2.06. The van der Waals surface area contributed by atoms with Crippen LogP contribution in [0.5, 0.6) is 5.88 Å². The van der Waals surface area contributed by atoms with Crippen molar-refractivity contribution < 1.29 is 4.74 Å². The number of hydrogen-bond donors (Lipinski definition) is 0. The molecule has 0 unspecified atom stereocenters. The Kier molecular flexibility index (Phi) is 3.54. The lowest BCUT2D eigenvalue weighted by molar-refractivity contribution is 0.132. The normalized spacial score (nSPS) is 17.1. The predicted octanol–water partition coefficient (Wildman–Crippen LogP) is 2.81. The van der Waals surface area contributed by atoms with Gasteiger partial charge >= 0.3 is 0 Å². The summed E-state index contributed by atoms with van der Waals surface area (Å²) in [6.45, 7) is 3.27. The molecule has 2 heterocycles. The number of nitrogens with zero attached hydrogens (tertiary/aromatic N) is 4. The molecule has 108 valence electrons. The van der Waals surface area contributed by atoms with Gasteiger partial charge in [-0.15, -0.1) is 11.6 Å². The topological polar surface area (TPSA) is 52.8 Å². The smallest absolute Gasteiger partial charge is 0.245 e. The average Bonchev–Trinajstić information content (AvgIpc) is 2.75. The molecule has 1 aliphatic carbocycles. The van der Waals surface area contributed by atoms with Gasteiger partial charge < -0.3 is 9.30 Å². The second kappa shape index (κ2) is 5.20. The monoisotopic (exact) mass is 294 g/mol. The molecule has 0 atom stereocenters. The van der Waals surface area contributed by atoms with Crippen LogP contribution >= 0.6 is 11.6 Å². The van der Waals surface area contributed by atoms with Gasteiger partial charge in [0.15, 0.2) is 11.2 Å². The first-order valence-corrected chi connectivity index (χ1v) is 7.50. The Morgan fingerprint density at radius 1 is 1.40 bits per heavy atom. The molecule has 0 radical (unpaired) electrons. The number of alkyl halides is 1. The van der Waals surface area contributed by atoms with Crippen LogP contribution in [0.3, 0.4) is 0 Å². The van der Waals surface area contributed by atoms with Crippen molar-refractivity contribution in [3.63, 3.8) is 0 Å². The number of hydrogen-bond acceptors (Lipinski definition) is 4. The highest BCUT2D eigenvalue weighted by molar-refractivity contribution is 6.17. The number of aromatic nitrogens is 4. The minimum Gasteiger partial charge on any atom is -0.479 e. The van der Waals surface area contributed by atoms with Crippen molar-refractivity contribution in [3.05, 3.63) is 12.2 Å². The molecule has 0 N–H and O–H groups in total. The first-order chi connectivity index (χ1) is 9.67. The van der Waals surface area contributed by atoms with E-state index in [-0.39, 0.29) is 0 Å². The van der Waals surface area contributed by atoms with Gasteiger partial charge in [-0.05, 0) is 18.3 Å². The second-order valence-electron chi connectivity index (χ2n) is 5.77. The van der Waals surface area contributed by atoms with E-state index in [9.17, 15) is 0 Å². The summed E-state index contributed by atoms with van der Waals surface area (Å²) in [5, 5.41) is 0. The minimum atomic E-state index is 0.354. The van der Waals surface area contributed by atoms with E-state index in [1.807, 2.05) is 0 Å². The number of fused-ring (bicyclic) bond motifs is 1. The van der Waals surface area contributed by atoms with Gasteiger partial charge in [-0.3, -0.25) is 0 Å². The Hall–Kier alpha value is -1.36. The van der Waals surface area contributed by atoms with Gasteiger partial charge in [-0.1, -0.05) is 13.3 Å². The molecule has 1 fully saturated rings. The number of rotatable bonds is 5. The quantitative estimate of drug-likeness (QED) is 0.796. The summed E-state index contributed by atoms with van der Waals surface area (Å²) in [7, 11) is 1.61. The molecule has 2 aromatic rings. The van der Waals surface area contributed by atoms with Crippen LogP contribution in [0.25, 0.3) is 11.2 Å². The van der Waals surface area contributed by atoms with Gasteiger partial charge in [-0.25, -0.2) is 9.97 Å². The number of imidazole rings is 1. The van der Waals surface area contributed by atoms with Crippen LogP contribution in [-0.2, 0) is 13.0 Å². The lowest BCUT2D eigenvalue weighted by Gasteiger charge is -2.39. The fourth-order valence-corrected chi connectivity index (χ4v) is 3.04. The summed E-state index contributed by atoms with van der Waals surface area (Å²) in [4.78, 5) is 13.2. The third-order valence-corrected chi connectivity index (χ3v) is 4.38. The zero-order chi connectivity index (χ0) is 14.2. The molecule has 1 aliphatic rings. The van der Waals surface area contributed by atoms with Crippen LogP contribution in [0.2, 0.25) is 0 Å². The fourth-order valence-electron chi connectivity index (χ4n) is 2.87. The molecular weight excluding hydrogens is 276 g/mol. The zero-order valence-corrected chi connectivity index (χ0v) is 12.7. The van der Waals surface area contributed by atoms with Crippen molar-refractivity contribution in [2.75, 3.05) is 13.0 Å². The Morgan fingerprint density at radius 3 is 2.80 bits per heavy atom. The standard InChI is InChI=1S/C14H19ClN4O/c1-14(5-3-6-14)8-19-10(4-7-15)18-11-12(19)16-9-17-13(11)20-2/h9H,3-8H2,1-2H3. The summed E-state index contributed by atoms with van der Waals surface area (Å²) < 4.78 is 7.48. The fraction of sp³-hybridized carbons (Fsp3) is 0.643. The van der Waals surface area contributed by atoms with Crippen molar-refractivity contribution in [1.29, 1.82) is 0 Å². The lowest BCUT2D eigenvalue weighted by Crippen LogP contribution is -2.31. The van der Waals surface area contributed by atoms with E-state index in [0.29, 0.717) is 17.2 Å². The van der Waals surface area contributed by atoms with Gasteiger partial charge in [0.25, 0.3) is 0 Å². The maximum atomic E-state index is 5.91. The molecule has 3 rings (SSSR count). The number of aryl methyl sites for hydroxylation is 1. The molecule has 0 spiro atoms. The lowest BCUT2D eigenvalue weighted by atomic mass is 9.70. The maximum absolute atomic E-state index is 5.91. The third kappa shape index (κ3) is 2.24. The Labute approximate surface area is 123 Å². The van der Waals surface area contributed by atoms with Gasteiger partial charge in [0, 0.05) is 18.8 Å². The zero-order valence-electron chi connectivity index (χ0n) is 11.9. The summed E-state index contributed by atoms with van der Waals surface area (Å²) in [6, 6.07) is 0. The third-order valence-electron chi connectivity index (χ3n) is 4.19. The number of ether oxygens (including phenoxy) is 1. The molecule has 20 heavy (non-hydrogen) atoms. The molecule has 5 nitrogen and oxygen atoms in total. The summed E-state index contributed by atoms with van der Waals surface area (Å²) >= 11 is 5.91. The van der Waals surface area contributed by atoms with E-state index in [0.717, 1.165) is 30.0 Å². The van der Waals surface area contributed by atoms with E-state index < -0.39 is 0 Å². The Balaban J connectivity index is 2.09. The molecule has 6 heteroatoms. The van der Waals surface area contributed by atoms with Crippen LogP contribution in [0.15, 0.2) is 6.33 Å². The molecular formula is C14H19ClN4O. The molecule has 0 aliphatic heterocycles. The van der Waals surface area contributed by atoms with Crippen LogP contribution in [0.4, 0.5) is 0 Å². The summed E-state index contributed by atoms with van der Waals surface area (Å²) in [6.07, 6.45) is 6.10. The average molecular weight is 295 g/mol. The Morgan fingerprint density at radius 2 is 2.20 bits per heavy atom. The van der Waals surface area contributed by atoms with E-state index >= 15 is 0 Å². The maximum Gasteiger partial charge on any atom is 0.245 e. The van der Waals surface area contributed by atoms with E-state index in [4.69, 9.17) is 16.3 Å². The first kappa shape index (κ1) is 13.6. The van der Waals surface area contributed by atoms with Crippen LogP contribution < -0.4 is 4.74 Å². The highest BCUT2D eigenvalue weighted by atomic mass is 35.5. The predicted molar refractivity (Wildman–Crippen MR) is 78.3 cm³/mol. The van der Waals surface area contributed by atoms with Crippen molar-refractivity contribution in [3.8, 4) is 5.88 Å². The van der Waals surface area contributed by atoms with Gasteiger partial charge in [0.2, 0.25) is 5.88 Å². The minimum absolute atomic E-state index is 0.354. The molecule has 2 aromatic heterocycles. The van der Waals surface area contributed by atoms with E-state index in [1.165, 1.54) is 25.6 Å². The number of halogens is 1. The first-order valence-electron chi connectivity index (χ1n) is 6.97. The molecule has 0 saturated heterocycles. The molecule has 0 bridgehead atoms. The van der Waals surface area contributed by atoms with Crippen molar-refractivity contribution in [2.24, 2.45) is 5.41 Å². The molecule has 0 amide bonds. The van der Waals surface area contributed by atoms with Crippen LogP contribution in [0.1, 0.15) is 32.0 Å². The van der Waals surface area contributed by atoms with Crippen molar-refractivity contribution in [1.82, 2.24) is 19.5 Å². The second-order valence-corrected chi connectivity index (χ2v) is 6.15. The van der Waals surface area contributed by atoms with Gasteiger partial charge in [0.1, 0.15) is 12.2 Å². The van der Waals surface area contributed by atoms with Crippen molar-refractivity contribution >= 4 is 22.8 Å². The van der Waals surface area contributed by atoms with Crippen LogP contribution in [0, 0.1) is 5.41 Å². The van der Waals surface area contributed by atoms with Gasteiger partial charge in [0.05, 0.1) is 7.11 Å². The van der Waals surface area contributed by atoms with Gasteiger partial charge in [-0.2, -0.15) is 4.98 Å². The largest absolute Gasteiger partial charge is 0.479 e. The van der Waals surface area contributed by atoms with E-state index in [1.54, 1.807) is 7.11 Å². The summed E-state index contributed by atoms with van der Waals surface area (Å²) in [5.41, 5.74) is 1.94. The van der Waals surface area contributed by atoms with E-state index in [2.05, 4.69) is 26.4 Å². The SMILES string of the molecule is COc1ncnc2c1nc(CCCl)n2CC1(C)CCC1. The number of methoxy groups -OCH3 is 1.